The standard InChI is InChI=1S/C38H50N4O8/c1-24(2)13-18-29(33(43)38(4)23-50-38)40-35(45)30-22-26-14-16-27(17-15-26)48-20-7-8-21-49-32-12-6-5-10-28(32)34(44)39-25(3)37(47)42-19-9-11-31(42)36(46)41-30/h5-6,10,12,14-17,24-25,29-31H,7-9,11,13,18-23H2,1-4H3,(H,39,44)(H,40,45)(H,41,46)/t25-,29-,30-,31-,38+/m0/s1. The Hall–Kier alpha value is -4.45. The van der Waals surface area contributed by atoms with E-state index in [9.17, 15) is 24.0 Å². The molecule has 6 rings (SSSR count). The monoisotopic (exact) mass is 690 g/mol. The van der Waals surface area contributed by atoms with Crippen molar-refractivity contribution in [3.05, 3.63) is 59.7 Å². The number of ether oxygens (including phenoxy) is 3. The highest BCUT2D eigenvalue weighted by Crippen LogP contribution is 2.30. The lowest BCUT2D eigenvalue weighted by Gasteiger charge is -2.29. The van der Waals surface area contributed by atoms with Gasteiger partial charge in [-0.1, -0.05) is 38.1 Å². The van der Waals surface area contributed by atoms with Crippen molar-refractivity contribution in [1.82, 2.24) is 20.9 Å². The van der Waals surface area contributed by atoms with Crippen molar-refractivity contribution in [2.45, 2.75) is 102 Å². The van der Waals surface area contributed by atoms with Crippen molar-refractivity contribution in [3.63, 3.8) is 0 Å². The molecule has 12 heteroatoms. The fourth-order valence-electron chi connectivity index (χ4n) is 6.34. The quantitative estimate of drug-likeness (QED) is 0.374. The van der Waals surface area contributed by atoms with E-state index in [1.807, 2.05) is 24.3 Å². The number of rotatable bonds is 7. The summed E-state index contributed by atoms with van der Waals surface area (Å²) in [6, 6.07) is 10.7. The molecule has 0 unspecified atom stereocenters. The van der Waals surface area contributed by atoms with Crippen LogP contribution < -0.4 is 25.4 Å². The Kier molecular flexibility index (Phi) is 12.2. The number of para-hydroxylation sites is 1. The highest BCUT2D eigenvalue weighted by Gasteiger charge is 2.50. The van der Waals surface area contributed by atoms with Gasteiger partial charge in [0.05, 0.1) is 31.4 Å². The predicted molar refractivity (Wildman–Crippen MR) is 186 cm³/mol. The molecule has 5 atom stereocenters. The number of benzene rings is 2. The number of fused-ring (bicyclic) bond motifs is 13. The van der Waals surface area contributed by atoms with Gasteiger partial charge in [-0.25, -0.2) is 0 Å². The van der Waals surface area contributed by atoms with E-state index in [1.165, 1.54) is 4.90 Å². The maximum absolute atomic E-state index is 14.0. The number of hydrogen-bond donors (Lipinski definition) is 3. The number of epoxide rings is 1. The summed E-state index contributed by atoms with van der Waals surface area (Å²) in [5, 5.41) is 8.62. The topological polar surface area (TPSA) is 156 Å². The van der Waals surface area contributed by atoms with Crippen LogP contribution >= 0.6 is 0 Å². The maximum atomic E-state index is 14.0. The normalized spacial score (nSPS) is 25.4. The highest BCUT2D eigenvalue weighted by atomic mass is 16.6. The van der Waals surface area contributed by atoms with Crippen molar-refractivity contribution < 1.29 is 38.2 Å². The minimum Gasteiger partial charge on any atom is -0.494 e. The molecule has 0 saturated carbocycles. The third kappa shape index (κ3) is 9.41. The van der Waals surface area contributed by atoms with Crippen molar-refractivity contribution >= 4 is 29.4 Å². The number of hydrogen-bond acceptors (Lipinski definition) is 8. The first-order chi connectivity index (χ1) is 23.9. The summed E-state index contributed by atoms with van der Waals surface area (Å²) < 4.78 is 17.3. The molecule has 3 N–H and O–H groups in total. The van der Waals surface area contributed by atoms with Crippen molar-refractivity contribution in [2.75, 3.05) is 26.4 Å². The van der Waals surface area contributed by atoms with Gasteiger partial charge in [-0.05, 0) is 88.1 Å². The van der Waals surface area contributed by atoms with Crippen LogP contribution in [-0.2, 0) is 30.3 Å². The summed E-state index contributed by atoms with van der Waals surface area (Å²) in [6.45, 7) is 8.90. The molecule has 2 saturated heterocycles. The fourth-order valence-corrected chi connectivity index (χ4v) is 6.34. The molecule has 270 valence electrons. The van der Waals surface area contributed by atoms with Crippen LogP contribution in [0, 0.1) is 5.92 Å². The molecule has 50 heavy (non-hydrogen) atoms. The zero-order chi connectivity index (χ0) is 35.8. The molecule has 0 aliphatic carbocycles. The van der Waals surface area contributed by atoms with Crippen LogP contribution in [0.2, 0.25) is 0 Å². The molecule has 0 spiro atoms. The summed E-state index contributed by atoms with van der Waals surface area (Å²) in [5.74, 6) is -0.613. The molecule has 2 aromatic rings. The summed E-state index contributed by atoms with van der Waals surface area (Å²) in [7, 11) is 0. The molecule has 0 aromatic heterocycles. The largest absolute Gasteiger partial charge is 0.494 e. The van der Waals surface area contributed by atoms with Crippen LogP contribution in [0.5, 0.6) is 11.5 Å². The second-order valence-electron chi connectivity index (χ2n) is 14.1. The van der Waals surface area contributed by atoms with Crippen LogP contribution in [0.25, 0.3) is 0 Å². The SMILES string of the molecule is CC(C)CC[C@H](NC(=O)[C@@H]1Cc2ccc(cc2)OCCCCOc2ccccc2C(=O)N[C@@H](C)C(=O)N2CCC[C@H]2C(=O)N1)C(=O)[C@@]1(C)CO1. The summed E-state index contributed by atoms with van der Waals surface area (Å²) in [6.07, 6.45) is 3.72. The molecular formula is C38H50N4O8. The Morgan fingerprint density at radius 2 is 1.66 bits per heavy atom. The number of carbonyl (C=O) groups excluding carboxylic acids is 5. The van der Waals surface area contributed by atoms with Crippen LogP contribution in [-0.4, -0.2) is 90.4 Å². The Morgan fingerprint density at radius 3 is 2.36 bits per heavy atom. The molecule has 12 nitrogen and oxygen atoms in total. The van der Waals surface area contributed by atoms with Gasteiger partial charge in [-0.15, -0.1) is 0 Å². The van der Waals surface area contributed by atoms with E-state index >= 15 is 0 Å². The maximum Gasteiger partial charge on any atom is 0.255 e. The zero-order valence-electron chi connectivity index (χ0n) is 29.5. The first-order valence-electron chi connectivity index (χ1n) is 17.8. The number of amides is 4. The van der Waals surface area contributed by atoms with Gasteiger partial charge in [0.25, 0.3) is 5.91 Å². The number of nitrogens with one attached hydrogen (secondary N) is 3. The minimum atomic E-state index is -1.03. The Bertz CT molecular complexity index is 1540. The average Bonchev–Trinajstić information content (AvgIpc) is 3.66. The van der Waals surface area contributed by atoms with Crippen LogP contribution in [0.15, 0.2) is 48.5 Å². The molecule has 4 aliphatic rings. The smallest absolute Gasteiger partial charge is 0.255 e. The summed E-state index contributed by atoms with van der Waals surface area (Å²) >= 11 is 0. The molecule has 4 aliphatic heterocycles. The highest BCUT2D eigenvalue weighted by molar-refractivity contribution is 6.01. The van der Waals surface area contributed by atoms with E-state index in [0.29, 0.717) is 81.4 Å². The first kappa shape index (κ1) is 36.8. The molecule has 0 radical (unpaired) electrons. The minimum absolute atomic E-state index is 0.153. The van der Waals surface area contributed by atoms with Crippen LogP contribution in [0.1, 0.15) is 82.1 Å². The van der Waals surface area contributed by atoms with Crippen LogP contribution in [0.4, 0.5) is 0 Å². The molecule has 4 heterocycles. The van der Waals surface area contributed by atoms with E-state index in [1.54, 1.807) is 38.1 Å². The molecular weight excluding hydrogens is 640 g/mol. The predicted octanol–water partition coefficient (Wildman–Crippen LogP) is 3.35. The Balaban J connectivity index is 1.39. The van der Waals surface area contributed by atoms with Crippen molar-refractivity contribution in [1.29, 1.82) is 0 Å². The number of Topliss-reactive ketones (excluding diaryl/α,β-unsaturated/α-hetero) is 1. The van der Waals surface area contributed by atoms with E-state index < -0.39 is 53.4 Å². The Morgan fingerprint density at radius 1 is 0.960 bits per heavy atom. The number of ketones is 1. The lowest BCUT2D eigenvalue weighted by atomic mass is 9.93. The van der Waals surface area contributed by atoms with Gasteiger partial charge in [0.2, 0.25) is 17.7 Å². The van der Waals surface area contributed by atoms with Gasteiger partial charge < -0.3 is 35.1 Å². The fraction of sp³-hybridized carbons (Fsp3) is 0.553. The van der Waals surface area contributed by atoms with Crippen molar-refractivity contribution in [3.8, 4) is 11.5 Å². The van der Waals surface area contributed by atoms with Gasteiger partial charge in [-0.3, -0.25) is 24.0 Å². The lowest BCUT2D eigenvalue weighted by Crippen LogP contribution is -2.58. The second-order valence-corrected chi connectivity index (χ2v) is 14.1. The number of nitrogens with zero attached hydrogens (tertiary/aromatic N) is 1. The third-order valence-electron chi connectivity index (χ3n) is 9.51. The summed E-state index contributed by atoms with van der Waals surface area (Å²) in [5.41, 5.74) is 0.168. The van der Waals surface area contributed by atoms with E-state index in [0.717, 1.165) is 12.0 Å². The lowest BCUT2D eigenvalue weighted by molar-refractivity contribution is -0.140. The van der Waals surface area contributed by atoms with Crippen molar-refractivity contribution in [2.24, 2.45) is 5.92 Å². The van der Waals surface area contributed by atoms with Gasteiger partial charge >= 0.3 is 0 Å². The number of carbonyl (C=O) groups is 5. The van der Waals surface area contributed by atoms with Gasteiger partial charge in [-0.2, -0.15) is 0 Å². The summed E-state index contributed by atoms with van der Waals surface area (Å²) in [4.78, 5) is 69.7. The molecule has 2 bridgehead atoms. The second kappa shape index (κ2) is 16.5. The zero-order valence-corrected chi connectivity index (χ0v) is 29.5. The molecule has 4 amide bonds. The van der Waals surface area contributed by atoms with E-state index in [-0.39, 0.29) is 12.2 Å². The van der Waals surface area contributed by atoms with E-state index in [4.69, 9.17) is 14.2 Å². The average molecular weight is 691 g/mol. The third-order valence-corrected chi connectivity index (χ3v) is 9.51. The van der Waals surface area contributed by atoms with Crippen LogP contribution in [0.3, 0.4) is 0 Å². The molecule has 2 aromatic carbocycles. The first-order valence-corrected chi connectivity index (χ1v) is 17.8. The van der Waals surface area contributed by atoms with Gasteiger partial charge in [0.1, 0.15) is 35.2 Å². The Labute approximate surface area is 294 Å². The van der Waals surface area contributed by atoms with E-state index in [2.05, 4.69) is 29.8 Å². The molecule has 2 fully saturated rings. The van der Waals surface area contributed by atoms with Gasteiger partial charge in [0, 0.05) is 13.0 Å². The van der Waals surface area contributed by atoms with Gasteiger partial charge in [0.15, 0.2) is 5.78 Å².